The number of nitrogens with zero attached hydrogens (tertiary/aromatic N) is 5. The average Bonchev–Trinajstić information content (AvgIpc) is 3.40. The molecule has 0 spiro atoms. The minimum atomic E-state index is -0.0912. The Labute approximate surface area is 203 Å². The zero-order valence-corrected chi connectivity index (χ0v) is 19.8. The Bertz CT molecular complexity index is 1260. The van der Waals surface area contributed by atoms with Crippen LogP contribution in [0.15, 0.2) is 84.0 Å². The maximum absolute atomic E-state index is 12.9. The van der Waals surface area contributed by atoms with Crippen molar-refractivity contribution in [1.82, 2.24) is 19.7 Å². The highest BCUT2D eigenvalue weighted by molar-refractivity contribution is 7.98. The van der Waals surface area contributed by atoms with Gasteiger partial charge in [0.2, 0.25) is 5.91 Å². The van der Waals surface area contributed by atoms with Crippen molar-refractivity contribution in [1.29, 1.82) is 0 Å². The Morgan fingerprint density at radius 1 is 1.03 bits per heavy atom. The first-order valence-electron chi connectivity index (χ1n) is 11.3. The maximum Gasteiger partial charge on any atom is 0.229 e. The van der Waals surface area contributed by atoms with Gasteiger partial charge < -0.3 is 10.2 Å². The summed E-state index contributed by atoms with van der Waals surface area (Å²) in [5, 5.41) is 12.0. The van der Waals surface area contributed by atoms with Gasteiger partial charge in [-0.05, 0) is 49.4 Å². The minimum Gasteiger partial charge on any atom is -0.354 e. The molecule has 172 valence electrons. The summed E-state index contributed by atoms with van der Waals surface area (Å²) in [5.41, 5.74) is 1.86. The first-order chi connectivity index (χ1) is 16.7. The molecule has 7 nitrogen and oxygen atoms in total. The first-order valence-corrected chi connectivity index (χ1v) is 12.6. The van der Waals surface area contributed by atoms with Crippen molar-refractivity contribution in [2.75, 3.05) is 29.6 Å². The summed E-state index contributed by atoms with van der Waals surface area (Å²) in [7, 11) is 0. The summed E-state index contributed by atoms with van der Waals surface area (Å²) in [6, 6.07) is 21.9. The minimum absolute atomic E-state index is 0.0541. The fraction of sp³-hybridized carbons (Fsp3) is 0.231. The molecular weight excluding hydrogens is 444 g/mol. The molecule has 1 amide bonds. The Hall–Kier alpha value is -3.65. The van der Waals surface area contributed by atoms with E-state index in [2.05, 4.69) is 25.4 Å². The van der Waals surface area contributed by atoms with Gasteiger partial charge in [0.05, 0.1) is 5.92 Å². The fourth-order valence-corrected chi connectivity index (χ4v) is 4.71. The Kier molecular flexibility index (Phi) is 6.58. The molecule has 5 rings (SSSR count). The SMILES string of the molecule is CSc1cccc(NC(=O)C2CCCN(c3ccc(-n4ccnc4-c4ccccc4)nn3)C2)c1. The van der Waals surface area contributed by atoms with E-state index in [9.17, 15) is 4.79 Å². The van der Waals surface area contributed by atoms with Crippen molar-refractivity contribution in [2.45, 2.75) is 17.7 Å². The van der Waals surface area contributed by atoms with Crippen LogP contribution < -0.4 is 10.2 Å². The van der Waals surface area contributed by atoms with Crippen LogP contribution in [0.5, 0.6) is 0 Å². The summed E-state index contributed by atoms with van der Waals surface area (Å²) in [6.45, 7) is 1.49. The number of anilines is 2. The number of nitrogens with one attached hydrogen (secondary N) is 1. The number of rotatable bonds is 6. The lowest BCUT2D eigenvalue weighted by atomic mass is 9.97. The average molecular weight is 471 g/mol. The van der Waals surface area contributed by atoms with Gasteiger partial charge in [0.25, 0.3) is 0 Å². The molecule has 2 aromatic heterocycles. The normalized spacial score (nSPS) is 15.8. The molecule has 8 heteroatoms. The zero-order valence-electron chi connectivity index (χ0n) is 19.0. The van der Waals surface area contributed by atoms with Crippen LogP contribution >= 0.6 is 11.8 Å². The molecule has 3 heterocycles. The molecule has 1 aliphatic heterocycles. The second-order valence-electron chi connectivity index (χ2n) is 8.24. The molecule has 0 bridgehead atoms. The lowest BCUT2D eigenvalue weighted by Crippen LogP contribution is -2.41. The van der Waals surface area contributed by atoms with Gasteiger partial charge in [-0.15, -0.1) is 22.0 Å². The predicted molar refractivity (Wildman–Crippen MR) is 136 cm³/mol. The number of benzene rings is 2. The second-order valence-corrected chi connectivity index (χ2v) is 9.12. The van der Waals surface area contributed by atoms with Crippen molar-refractivity contribution in [3.63, 3.8) is 0 Å². The molecule has 4 aromatic rings. The van der Waals surface area contributed by atoms with Crippen LogP contribution in [0.4, 0.5) is 11.5 Å². The Balaban J connectivity index is 1.28. The second kappa shape index (κ2) is 10.1. The van der Waals surface area contributed by atoms with Crippen molar-refractivity contribution < 1.29 is 4.79 Å². The van der Waals surface area contributed by atoms with Crippen LogP contribution in [0.1, 0.15) is 12.8 Å². The summed E-state index contributed by atoms with van der Waals surface area (Å²) < 4.78 is 1.93. The van der Waals surface area contributed by atoms with E-state index in [-0.39, 0.29) is 11.8 Å². The molecule has 0 aliphatic carbocycles. The molecule has 1 unspecified atom stereocenters. The monoisotopic (exact) mass is 470 g/mol. The number of hydrogen-bond acceptors (Lipinski definition) is 6. The van der Waals surface area contributed by atoms with E-state index in [1.54, 1.807) is 18.0 Å². The van der Waals surface area contributed by atoms with E-state index in [4.69, 9.17) is 0 Å². The predicted octanol–water partition coefficient (Wildman–Crippen LogP) is 4.91. The lowest BCUT2D eigenvalue weighted by molar-refractivity contribution is -0.120. The van der Waals surface area contributed by atoms with Gasteiger partial charge in [-0.25, -0.2) is 4.98 Å². The van der Waals surface area contributed by atoms with Crippen molar-refractivity contribution in [3.8, 4) is 17.2 Å². The largest absolute Gasteiger partial charge is 0.354 e. The number of thioether (sulfide) groups is 1. The summed E-state index contributed by atoms with van der Waals surface area (Å²) in [5.74, 6) is 2.28. The van der Waals surface area contributed by atoms with E-state index in [0.29, 0.717) is 12.4 Å². The van der Waals surface area contributed by atoms with E-state index >= 15 is 0 Å². The van der Waals surface area contributed by atoms with E-state index < -0.39 is 0 Å². The van der Waals surface area contributed by atoms with E-state index in [1.807, 2.05) is 83.7 Å². The first kappa shape index (κ1) is 22.2. The highest BCUT2D eigenvalue weighted by Crippen LogP contribution is 2.25. The summed E-state index contributed by atoms with van der Waals surface area (Å²) in [6.07, 6.45) is 7.49. The van der Waals surface area contributed by atoms with E-state index in [1.165, 1.54) is 0 Å². The van der Waals surface area contributed by atoms with Gasteiger partial charge in [0.1, 0.15) is 5.82 Å². The molecule has 1 atom stereocenters. The van der Waals surface area contributed by atoms with Gasteiger partial charge in [-0.3, -0.25) is 9.36 Å². The smallest absolute Gasteiger partial charge is 0.229 e. The molecule has 1 saturated heterocycles. The van der Waals surface area contributed by atoms with Crippen molar-refractivity contribution in [2.24, 2.45) is 5.92 Å². The van der Waals surface area contributed by atoms with Crippen LogP contribution in [0, 0.1) is 5.92 Å². The van der Waals surface area contributed by atoms with Gasteiger partial charge in [-0.1, -0.05) is 36.4 Å². The third-order valence-corrected chi connectivity index (χ3v) is 6.73. The van der Waals surface area contributed by atoms with Gasteiger partial charge in [0.15, 0.2) is 11.6 Å². The quantitative estimate of drug-likeness (QED) is 0.404. The fourth-order valence-electron chi connectivity index (χ4n) is 4.25. The van der Waals surface area contributed by atoms with Crippen molar-refractivity contribution >= 4 is 29.2 Å². The van der Waals surface area contributed by atoms with Gasteiger partial charge in [0, 0.05) is 41.6 Å². The number of piperidine rings is 1. The van der Waals surface area contributed by atoms with E-state index in [0.717, 1.165) is 47.2 Å². The van der Waals surface area contributed by atoms with Crippen molar-refractivity contribution in [3.05, 3.63) is 79.1 Å². The van der Waals surface area contributed by atoms with Crippen LogP contribution in [0.25, 0.3) is 17.2 Å². The number of imidazole rings is 1. The van der Waals surface area contributed by atoms with Crippen LogP contribution in [0.2, 0.25) is 0 Å². The molecule has 1 fully saturated rings. The highest BCUT2D eigenvalue weighted by Gasteiger charge is 2.27. The number of carbonyl (C=O) groups excluding carboxylic acids is 1. The number of hydrogen-bond donors (Lipinski definition) is 1. The zero-order chi connectivity index (χ0) is 23.3. The third kappa shape index (κ3) is 4.82. The standard InChI is InChI=1S/C26H26N6OS/c1-34-22-11-5-10-21(17-22)28-26(33)20-9-6-15-31(18-20)23-12-13-24(30-29-23)32-16-14-27-25(32)19-7-3-2-4-8-19/h2-5,7-8,10-14,16-17,20H,6,9,15,18H2,1H3,(H,28,33). The molecule has 1 N–H and O–H groups in total. The Morgan fingerprint density at radius 3 is 2.65 bits per heavy atom. The molecular formula is C26H26N6OS. The third-order valence-electron chi connectivity index (χ3n) is 6.01. The molecule has 1 aliphatic rings. The molecule has 2 aromatic carbocycles. The van der Waals surface area contributed by atoms with Gasteiger partial charge >= 0.3 is 0 Å². The number of carbonyl (C=O) groups is 1. The highest BCUT2D eigenvalue weighted by atomic mass is 32.2. The lowest BCUT2D eigenvalue weighted by Gasteiger charge is -2.32. The summed E-state index contributed by atoms with van der Waals surface area (Å²) >= 11 is 1.66. The van der Waals surface area contributed by atoms with Crippen LogP contribution in [0.3, 0.4) is 0 Å². The molecule has 0 saturated carbocycles. The number of amides is 1. The van der Waals surface area contributed by atoms with Crippen LogP contribution in [-0.4, -0.2) is 45.0 Å². The number of aromatic nitrogens is 4. The molecule has 0 radical (unpaired) electrons. The topological polar surface area (TPSA) is 75.9 Å². The summed E-state index contributed by atoms with van der Waals surface area (Å²) in [4.78, 5) is 20.7. The Morgan fingerprint density at radius 2 is 1.85 bits per heavy atom. The molecule has 34 heavy (non-hydrogen) atoms. The van der Waals surface area contributed by atoms with Gasteiger partial charge in [-0.2, -0.15) is 0 Å². The van der Waals surface area contributed by atoms with Crippen LogP contribution in [-0.2, 0) is 4.79 Å². The maximum atomic E-state index is 12.9.